The molecule has 0 N–H and O–H groups in total. The second-order valence-electron chi connectivity index (χ2n) is 8.53. The van der Waals surface area contributed by atoms with Crippen LogP contribution in [0.2, 0.25) is 0 Å². The van der Waals surface area contributed by atoms with E-state index in [0.29, 0.717) is 49.8 Å². The lowest BCUT2D eigenvalue weighted by molar-refractivity contribution is -0.137. The zero-order valence-electron chi connectivity index (χ0n) is 18.2. The highest BCUT2D eigenvalue weighted by Crippen LogP contribution is 2.30. The molecule has 174 valence electrons. The number of carbonyl (C=O) groups is 1. The number of aromatic nitrogens is 2. The van der Waals surface area contributed by atoms with E-state index in [9.17, 15) is 17.6 Å². The molecular weight excluding hydrogens is 435 g/mol. The van der Waals surface area contributed by atoms with Gasteiger partial charge in [-0.2, -0.15) is 9.29 Å². The molecule has 2 aliphatic rings. The Balaban J connectivity index is 1.48. The molecule has 0 aliphatic carbocycles. The second-order valence-corrected chi connectivity index (χ2v) is 10.6. The third-order valence-corrected chi connectivity index (χ3v) is 8.24. The quantitative estimate of drug-likeness (QED) is 0.651. The maximum atomic E-state index is 13.5. The largest absolute Gasteiger partial charge is 0.341 e. The molecule has 4 rings (SSSR count). The highest BCUT2D eigenvalue weighted by molar-refractivity contribution is 7.89. The summed E-state index contributed by atoms with van der Waals surface area (Å²) in [5.41, 5.74) is 0.530. The van der Waals surface area contributed by atoms with Gasteiger partial charge in [0.05, 0.1) is 11.7 Å². The number of halogens is 1. The summed E-state index contributed by atoms with van der Waals surface area (Å²) in [6.07, 6.45) is 4.25. The maximum Gasteiger partial charge on any atom is 0.241 e. The Labute approximate surface area is 187 Å². The summed E-state index contributed by atoms with van der Waals surface area (Å²) in [5.74, 6) is 0.140. The number of nitrogens with zero attached hydrogens (tertiary/aromatic N) is 4. The van der Waals surface area contributed by atoms with Gasteiger partial charge in [-0.25, -0.2) is 12.8 Å². The van der Waals surface area contributed by atoms with Gasteiger partial charge < -0.3 is 9.42 Å². The van der Waals surface area contributed by atoms with Crippen LogP contribution in [0.5, 0.6) is 0 Å². The lowest BCUT2D eigenvalue weighted by Gasteiger charge is -2.39. The number of amides is 1. The van der Waals surface area contributed by atoms with Crippen LogP contribution in [0, 0.1) is 5.82 Å². The number of benzene rings is 1. The predicted octanol–water partition coefficient (Wildman–Crippen LogP) is 3.18. The van der Waals surface area contributed by atoms with E-state index in [2.05, 4.69) is 10.1 Å². The van der Waals surface area contributed by atoms with Crippen molar-refractivity contribution in [2.45, 2.75) is 57.4 Å². The van der Waals surface area contributed by atoms with Gasteiger partial charge in [-0.3, -0.25) is 4.79 Å². The molecule has 0 saturated carbocycles. The Morgan fingerprint density at radius 1 is 1.22 bits per heavy atom. The fourth-order valence-corrected chi connectivity index (χ4v) is 6.34. The standard InChI is InChI=1S/C22H29FN4O4S/c1-2-13-32(29,30)27-12-4-3-10-19(27)22(28)26-11-6-8-17(15-26)21-24-20(25-31-21)16-7-5-9-18(23)14-16/h5,7,9,14,17,19H,2-4,6,8,10-13,15H2,1H3. The first-order valence-electron chi connectivity index (χ1n) is 11.3. The lowest BCUT2D eigenvalue weighted by atomic mass is 9.96. The summed E-state index contributed by atoms with van der Waals surface area (Å²) in [5, 5.41) is 3.98. The third-order valence-electron chi connectivity index (χ3n) is 6.16. The van der Waals surface area contributed by atoms with Crippen molar-refractivity contribution in [3.63, 3.8) is 0 Å². The molecule has 2 atom stereocenters. The van der Waals surface area contributed by atoms with E-state index in [4.69, 9.17) is 4.52 Å². The first kappa shape index (κ1) is 22.8. The average Bonchev–Trinajstić information content (AvgIpc) is 3.29. The predicted molar refractivity (Wildman–Crippen MR) is 117 cm³/mol. The zero-order valence-corrected chi connectivity index (χ0v) is 19.1. The van der Waals surface area contributed by atoms with Gasteiger partial charge in [-0.05, 0) is 44.2 Å². The number of likely N-dealkylation sites (tertiary alicyclic amines) is 1. The molecule has 1 amide bonds. The maximum absolute atomic E-state index is 13.5. The molecule has 1 aromatic heterocycles. The number of hydrogen-bond donors (Lipinski definition) is 0. The van der Waals surface area contributed by atoms with Crippen LogP contribution in [0.1, 0.15) is 57.3 Å². The second kappa shape index (κ2) is 9.66. The van der Waals surface area contributed by atoms with Gasteiger partial charge in [-0.1, -0.05) is 30.6 Å². The Kier molecular flexibility index (Phi) is 6.90. The van der Waals surface area contributed by atoms with Crippen molar-refractivity contribution in [1.82, 2.24) is 19.3 Å². The molecule has 2 fully saturated rings. The summed E-state index contributed by atoms with van der Waals surface area (Å²) >= 11 is 0. The number of piperidine rings is 2. The van der Waals surface area contributed by atoms with Gasteiger partial charge in [0.2, 0.25) is 27.6 Å². The lowest BCUT2D eigenvalue weighted by Crippen LogP contribution is -2.54. The molecule has 2 unspecified atom stereocenters. The van der Waals surface area contributed by atoms with Crippen molar-refractivity contribution in [2.75, 3.05) is 25.4 Å². The van der Waals surface area contributed by atoms with Gasteiger partial charge in [0.1, 0.15) is 11.9 Å². The number of sulfonamides is 1. The highest BCUT2D eigenvalue weighted by Gasteiger charge is 2.40. The molecule has 8 nitrogen and oxygen atoms in total. The molecule has 2 saturated heterocycles. The van der Waals surface area contributed by atoms with E-state index >= 15 is 0 Å². The Morgan fingerprint density at radius 2 is 2.06 bits per heavy atom. The van der Waals surface area contributed by atoms with Crippen molar-refractivity contribution in [3.05, 3.63) is 36.0 Å². The fraction of sp³-hybridized carbons (Fsp3) is 0.591. The van der Waals surface area contributed by atoms with Crippen LogP contribution in [0.4, 0.5) is 4.39 Å². The van der Waals surface area contributed by atoms with Crippen molar-refractivity contribution >= 4 is 15.9 Å². The molecule has 0 radical (unpaired) electrons. The molecular formula is C22H29FN4O4S. The minimum atomic E-state index is -3.45. The first-order valence-corrected chi connectivity index (χ1v) is 12.9. The van der Waals surface area contributed by atoms with Crippen LogP contribution in [0.3, 0.4) is 0 Å². The van der Waals surface area contributed by atoms with Crippen molar-refractivity contribution in [2.24, 2.45) is 0 Å². The van der Waals surface area contributed by atoms with Crippen LogP contribution < -0.4 is 0 Å². The summed E-state index contributed by atoms with van der Waals surface area (Å²) in [6.45, 7) is 3.22. The van der Waals surface area contributed by atoms with E-state index < -0.39 is 16.1 Å². The van der Waals surface area contributed by atoms with E-state index in [1.54, 1.807) is 17.0 Å². The molecule has 1 aromatic carbocycles. The van der Waals surface area contributed by atoms with Crippen LogP contribution in [0.15, 0.2) is 28.8 Å². The van der Waals surface area contributed by atoms with E-state index in [0.717, 1.165) is 25.7 Å². The topological polar surface area (TPSA) is 96.6 Å². The van der Waals surface area contributed by atoms with Crippen molar-refractivity contribution < 1.29 is 22.1 Å². The normalized spacial score (nSPS) is 22.8. The summed E-state index contributed by atoms with van der Waals surface area (Å²) in [7, 11) is -3.45. The Hall–Kier alpha value is -2.33. The van der Waals surface area contributed by atoms with E-state index in [1.807, 2.05) is 6.92 Å². The SMILES string of the molecule is CCCS(=O)(=O)N1CCCCC1C(=O)N1CCCC(c2nc(-c3cccc(F)c3)no2)C1. The van der Waals surface area contributed by atoms with Gasteiger partial charge in [0.15, 0.2) is 0 Å². The Morgan fingerprint density at radius 3 is 2.84 bits per heavy atom. The Bertz CT molecular complexity index is 1060. The highest BCUT2D eigenvalue weighted by atomic mass is 32.2. The zero-order chi connectivity index (χ0) is 22.7. The summed E-state index contributed by atoms with van der Waals surface area (Å²) in [4.78, 5) is 19.5. The van der Waals surface area contributed by atoms with Crippen LogP contribution in [0.25, 0.3) is 11.4 Å². The molecule has 2 aromatic rings. The number of rotatable bonds is 6. The third kappa shape index (κ3) is 4.85. The molecule has 0 spiro atoms. The number of hydrogen-bond acceptors (Lipinski definition) is 6. The van der Waals surface area contributed by atoms with Crippen LogP contribution >= 0.6 is 0 Å². The van der Waals surface area contributed by atoms with Gasteiger partial charge in [0, 0.05) is 25.2 Å². The van der Waals surface area contributed by atoms with Crippen molar-refractivity contribution in [1.29, 1.82) is 0 Å². The minimum absolute atomic E-state index is 0.0598. The van der Waals surface area contributed by atoms with Crippen molar-refractivity contribution in [3.8, 4) is 11.4 Å². The molecule has 0 bridgehead atoms. The van der Waals surface area contributed by atoms with E-state index in [-0.39, 0.29) is 23.4 Å². The fourth-order valence-electron chi connectivity index (χ4n) is 4.60. The number of carbonyl (C=O) groups excluding carboxylic acids is 1. The van der Waals surface area contributed by atoms with Gasteiger partial charge >= 0.3 is 0 Å². The monoisotopic (exact) mass is 464 g/mol. The summed E-state index contributed by atoms with van der Waals surface area (Å²) in [6, 6.07) is 5.36. The first-order chi connectivity index (χ1) is 15.4. The minimum Gasteiger partial charge on any atom is -0.341 e. The summed E-state index contributed by atoms with van der Waals surface area (Å²) < 4.78 is 45.8. The molecule has 3 heterocycles. The molecule has 10 heteroatoms. The van der Waals surface area contributed by atoms with Gasteiger partial charge in [-0.15, -0.1) is 0 Å². The average molecular weight is 465 g/mol. The van der Waals surface area contributed by atoms with Gasteiger partial charge in [0.25, 0.3) is 0 Å². The van der Waals surface area contributed by atoms with Crippen LogP contribution in [-0.2, 0) is 14.8 Å². The molecule has 2 aliphatic heterocycles. The van der Waals surface area contributed by atoms with Crippen LogP contribution in [-0.4, -0.2) is 65.1 Å². The molecule has 32 heavy (non-hydrogen) atoms. The smallest absolute Gasteiger partial charge is 0.241 e. The van der Waals surface area contributed by atoms with E-state index in [1.165, 1.54) is 16.4 Å².